The highest BCUT2D eigenvalue weighted by Gasteiger charge is 2.24. The molecule has 0 saturated carbocycles. The molecule has 1 aliphatic heterocycles. The van der Waals surface area contributed by atoms with Gasteiger partial charge in [0, 0.05) is 6.54 Å². The smallest absolute Gasteiger partial charge is 0.234 e. The number of hydrogen-bond acceptors (Lipinski definition) is 1. The molecule has 1 amide bonds. The van der Waals surface area contributed by atoms with Crippen molar-refractivity contribution in [3.05, 3.63) is 0 Å². The van der Waals surface area contributed by atoms with Gasteiger partial charge < -0.3 is 4.90 Å². The minimum Gasteiger partial charge on any atom is -0.339 e. The molecule has 12 heavy (non-hydrogen) atoms. The fourth-order valence-corrected chi connectivity index (χ4v) is 1.22. The molecule has 0 aromatic carbocycles. The number of hydrogen-bond donors (Lipinski definition) is 0. The molecule has 0 N–H and O–H groups in total. The van der Waals surface area contributed by atoms with Crippen molar-refractivity contribution in [1.82, 2.24) is 4.90 Å². The van der Waals surface area contributed by atoms with Gasteiger partial charge in [-0.2, -0.15) is 0 Å². The maximum absolute atomic E-state index is 12.6. The lowest BCUT2D eigenvalue weighted by molar-refractivity contribution is -0.129. The zero-order valence-corrected chi connectivity index (χ0v) is 7.14. The molecule has 1 aliphatic rings. The van der Waals surface area contributed by atoms with Crippen molar-refractivity contribution in [1.29, 1.82) is 0 Å². The fraction of sp³-hybridized carbons (Fsp3) is 0.667. The summed E-state index contributed by atoms with van der Waals surface area (Å²) in [5.41, 5.74) is 0. The summed E-state index contributed by atoms with van der Waals surface area (Å²) in [5.74, 6) is 5.27. The van der Waals surface area contributed by atoms with Gasteiger partial charge in [0.2, 0.25) is 5.91 Å². The summed E-state index contributed by atoms with van der Waals surface area (Å²) in [5, 5.41) is 0. The Hall–Kier alpha value is -1.04. The van der Waals surface area contributed by atoms with E-state index in [0.717, 1.165) is 0 Å². The third-order valence-corrected chi connectivity index (χ3v) is 1.90. The van der Waals surface area contributed by atoms with Crippen molar-refractivity contribution in [2.45, 2.75) is 25.9 Å². The number of carbonyl (C=O) groups is 1. The van der Waals surface area contributed by atoms with Crippen LogP contribution in [0.4, 0.5) is 4.39 Å². The predicted octanol–water partition coefficient (Wildman–Crippen LogP) is 0.970. The molecule has 1 heterocycles. The van der Waals surface area contributed by atoms with E-state index in [1.807, 2.05) is 0 Å². The quantitative estimate of drug-likeness (QED) is 0.535. The van der Waals surface area contributed by atoms with Crippen LogP contribution in [-0.4, -0.2) is 30.1 Å². The monoisotopic (exact) mass is 169 g/mol. The minimum absolute atomic E-state index is 0.0514. The van der Waals surface area contributed by atoms with Gasteiger partial charge in [-0.25, -0.2) is 4.39 Å². The Morgan fingerprint density at radius 3 is 3.00 bits per heavy atom. The van der Waals surface area contributed by atoms with Gasteiger partial charge in [-0.1, -0.05) is 5.92 Å². The van der Waals surface area contributed by atoms with Gasteiger partial charge in [-0.05, 0) is 13.3 Å². The lowest BCUT2D eigenvalue weighted by atomic mass is 10.3. The number of nitrogens with zero attached hydrogens (tertiary/aromatic N) is 1. The van der Waals surface area contributed by atoms with Crippen LogP contribution in [0.5, 0.6) is 0 Å². The van der Waals surface area contributed by atoms with Gasteiger partial charge in [0.15, 0.2) is 0 Å². The van der Waals surface area contributed by atoms with Crippen LogP contribution in [0.3, 0.4) is 0 Å². The number of carbonyl (C=O) groups excluding carboxylic acids is 1. The molecule has 0 aliphatic carbocycles. The molecular formula is C9H12FNO. The summed E-state index contributed by atoms with van der Waals surface area (Å²) in [6.45, 7) is 2.49. The average molecular weight is 169 g/mol. The summed E-state index contributed by atoms with van der Waals surface area (Å²) in [6, 6.07) is 0. The Balaban J connectivity index is 2.36. The van der Waals surface area contributed by atoms with Crippen LogP contribution >= 0.6 is 0 Å². The number of halogens is 1. The molecule has 1 saturated heterocycles. The van der Waals surface area contributed by atoms with Crippen molar-refractivity contribution in [2.24, 2.45) is 0 Å². The summed E-state index contributed by atoms with van der Waals surface area (Å²) in [7, 11) is 0. The maximum atomic E-state index is 12.6. The molecule has 1 fully saturated rings. The Morgan fingerprint density at radius 2 is 2.50 bits per heavy atom. The van der Waals surface area contributed by atoms with E-state index in [0.29, 0.717) is 13.0 Å². The standard InChI is InChI=1S/C9H12FNO/c1-2-3-4-9(12)11-6-5-8(10)7-11/h8H,4-7H2,1H3/t8-/m1/s1. The van der Waals surface area contributed by atoms with E-state index < -0.39 is 6.17 Å². The average Bonchev–Trinajstić information content (AvgIpc) is 2.47. The van der Waals surface area contributed by atoms with E-state index >= 15 is 0 Å². The summed E-state index contributed by atoms with van der Waals surface area (Å²) >= 11 is 0. The highest BCUT2D eigenvalue weighted by atomic mass is 19.1. The number of rotatable bonds is 1. The van der Waals surface area contributed by atoms with Crippen LogP contribution in [0.2, 0.25) is 0 Å². The first-order valence-electron chi connectivity index (χ1n) is 4.05. The molecule has 1 rings (SSSR count). The van der Waals surface area contributed by atoms with Crippen LogP contribution < -0.4 is 0 Å². The Labute approximate surface area is 71.7 Å². The van der Waals surface area contributed by atoms with E-state index in [1.54, 1.807) is 6.92 Å². The Kier molecular flexibility index (Phi) is 3.09. The molecule has 66 valence electrons. The van der Waals surface area contributed by atoms with Crippen molar-refractivity contribution in [3.8, 4) is 11.8 Å². The van der Waals surface area contributed by atoms with Crippen molar-refractivity contribution >= 4 is 5.91 Å². The molecule has 2 nitrogen and oxygen atoms in total. The van der Waals surface area contributed by atoms with Crippen molar-refractivity contribution in [3.63, 3.8) is 0 Å². The number of amides is 1. The van der Waals surface area contributed by atoms with Crippen LogP contribution in [0, 0.1) is 11.8 Å². The molecule has 0 radical (unpaired) electrons. The third-order valence-electron chi connectivity index (χ3n) is 1.90. The maximum Gasteiger partial charge on any atom is 0.234 e. The topological polar surface area (TPSA) is 20.3 Å². The fourth-order valence-electron chi connectivity index (χ4n) is 1.22. The van der Waals surface area contributed by atoms with E-state index in [-0.39, 0.29) is 18.9 Å². The van der Waals surface area contributed by atoms with Crippen molar-refractivity contribution in [2.75, 3.05) is 13.1 Å². The highest BCUT2D eigenvalue weighted by molar-refractivity contribution is 5.78. The van der Waals surface area contributed by atoms with E-state index in [2.05, 4.69) is 11.8 Å². The van der Waals surface area contributed by atoms with E-state index in [9.17, 15) is 9.18 Å². The zero-order chi connectivity index (χ0) is 8.97. The molecule has 0 bridgehead atoms. The minimum atomic E-state index is -0.830. The SMILES string of the molecule is CC#CCC(=O)N1CC[C@@H](F)C1. The highest BCUT2D eigenvalue weighted by Crippen LogP contribution is 2.12. The predicted molar refractivity (Wildman–Crippen MR) is 44.2 cm³/mol. The first kappa shape index (κ1) is 9.05. The second-order valence-corrected chi connectivity index (χ2v) is 2.83. The van der Waals surface area contributed by atoms with Gasteiger partial charge in [0.05, 0.1) is 13.0 Å². The van der Waals surface area contributed by atoms with Crippen LogP contribution in [-0.2, 0) is 4.79 Å². The second kappa shape index (κ2) is 4.10. The lowest BCUT2D eigenvalue weighted by Crippen LogP contribution is -2.28. The lowest BCUT2D eigenvalue weighted by Gasteiger charge is -2.12. The first-order chi connectivity index (χ1) is 5.74. The summed E-state index contributed by atoms with van der Waals surface area (Å²) in [6.07, 6.45) is -0.127. The molecule has 3 heteroatoms. The normalized spacial score (nSPS) is 21.8. The van der Waals surface area contributed by atoms with Gasteiger partial charge in [0.1, 0.15) is 6.17 Å². The number of likely N-dealkylation sites (tertiary alicyclic amines) is 1. The summed E-state index contributed by atoms with van der Waals surface area (Å²) < 4.78 is 12.6. The Morgan fingerprint density at radius 1 is 1.75 bits per heavy atom. The van der Waals surface area contributed by atoms with Gasteiger partial charge in [-0.15, -0.1) is 5.92 Å². The van der Waals surface area contributed by atoms with Crippen LogP contribution in [0.1, 0.15) is 19.8 Å². The summed E-state index contributed by atoms with van der Waals surface area (Å²) in [4.78, 5) is 12.7. The van der Waals surface area contributed by atoms with Crippen LogP contribution in [0.25, 0.3) is 0 Å². The molecule has 0 spiro atoms. The Bertz CT molecular complexity index is 228. The van der Waals surface area contributed by atoms with E-state index in [4.69, 9.17) is 0 Å². The largest absolute Gasteiger partial charge is 0.339 e. The molecule has 1 atom stereocenters. The zero-order valence-electron chi connectivity index (χ0n) is 7.14. The second-order valence-electron chi connectivity index (χ2n) is 2.83. The number of alkyl halides is 1. The first-order valence-corrected chi connectivity index (χ1v) is 4.05. The molecular weight excluding hydrogens is 157 g/mol. The third kappa shape index (κ3) is 2.23. The van der Waals surface area contributed by atoms with Crippen molar-refractivity contribution < 1.29 is 9.18 Å². The molecule has 0 aromatic rings. The van der Waals surface area contributed by atoms with Gasteiger partial charge in [0.25, 0.3) is 0 Å². The van der Waals surface area contributed by atoms with E-state index in [1.165, 1.54) is 4.90 Å². The molecule has 0 unspecified atom stereocenters. The van der Waals surface area contributed by atoms with Gasteiger partial charge >= 0.3 is 0 Å². The van der Waals surface area contributed by atoms with Gasteiger partial charge in [-0.3, -0.25) is 4.79 Å². The van der Waals surface area contributed by atoms with Crippen LogP contribution in [0.15, 0.2) is 0 Å². The molecule has 0 aromatic heterocycles.